The Labute approximate surface area is 254 Å². The number of sulfonamides is 1. The molecule has 2 saturated heterocycles. The number of rotatable bonds is 10. The lowest BCUT2D eigenvalue weighted by atomic mass is 10.00. The summed E-state index contributed by atoms with van der Waals surface area (Å²) in [5.74, 6) is 0.0392. The van der Waals surface area contributed by atoms with Crippen molar-refractivity contribution in [3.05, 3.63) is 89.4 Å². The number of para-hydroxylation sites is 1. The van der Waals surface area contributed by atoms with Crippen LogP contribution in [0.5, 0.6) is 5.75 Å². The number of aromatic nitrogens is 1. The number of ether oxygens (including phenoxy) is 1. The quantitative estimate of drug-likeness (QED) is 0.247. The fraction of sp³-hybridized carbons (Fsp3) is 0.394. The summed E-state index contributed by atoms with van der Waals surface area (Å²) >= 11 is 0. The second kappa shape index (κ2) is 14.2. The molecule has 5 rings (SSSR count). The van der Waals surface area contributed by atoms with E-state index < -0.39 is 15.9 Å². The minimum absolute atomic E-state index is 0.00541. The Bertz CT molecular complexity index is 1500. The molecule has 0 saturated carbocycles. The highest BCUT2D eigenvalue weighted by Gasteiger charge is 2.33. The average molecular weight is 605 g/mol. The SMILES string of the molecule is COc1ccc(S(=O)(=O)N(C(=O)CCN2CCC(N3CCCCC3)CC2)c2ccccc2/C=C/c2cc[n+]([O-])cc2)cc1. The molecule has 3 aromatic rings. The lowest BCUT2D eigenvalue weighted by Gasteiger charge is -2.40. The zero-order valence-electron chi connectivity index (χ0n) is 24.7. The van der Waals surface area contributed by atoms with Gasteiger partial charge in [0.05, 0.1) is 17.7 Å². The van der Waals surface area contributed by atoms with E-state index >= 15 is 0 Å². The Morgan fingerprint density at radius 1 is 0.953 bits per heavy atom. The number of pyridine rings is 1. The summed E-state index contributed by atoms with van der Waals surface area (Å²) in [7, 11) is -2.73. The molecule has 0 atom stereocenters. The second-order valence-corrected chi connectivity index (χ2v) is 12.9. The number of nitrogens with zero attached hydrogens (tertiary/aromatic N) is 4. The molecule has 10 heteroatoms. The Balaban J connectivity index is 1.37. The third kappa shape index (κ3) is 7.62. The molecule has 2 aliphatic heterocycles. The zero-order chi connectivity index (χ0) is 30.2. The molecule has 0 radical (unpaired) electrons. The van der Waals surface area contributed by atoms with Crippen molar-refractivity contribution in [2.75, 3.05) is 44.1 Å². The standard InChI is InChI=1S/C33H40N4O5S/c1-42-30-11-13-31(14-12-30)43(40,41)37(32-8-4-3-7-28(32)10-9-27-15-25-36(39)26-16-27)33(38)19-24-34-22-17-29(18-23-34)35-20-5-2-6-21-35/h3-4,7-16,25-26,29H,2,5-6,17-24H2,1H3/b10-9+. The van der Waals surface area contributed by atoms with Gasteiger partial charge >= 0.3 is 0 Å². The lowest BCUT2D eigenvalue weighted by Crippen LogP contribution is -2.47. The summed E-state index contributed by atoms with van der Waals surface area (Å²) in [5.41, 5.74) is 1.61. The van der Waals surface area contributed by atoms with Gasteiger partial charge in [-0.15, -0.1) is 0 Å². The number of carbonyl (C=O) groups excluding carboxylic acids is 1. The Morgan fingerprint density at radius 2 is 1.63 bits per heavy atom. The first kappa shape index (κ1) is 30.7. The number of hydrogen-bond acceptors (Lipinski definition) is 7. The van der Waals surface area contributed by atoms with Crippen LogP contribution >= 0.6 is 0 Å². The van der Waals surface area contributed by atoms with Crippen molar-refractivity contribution < 1.29 is 22.7 Å². The maximum absolute atomic E-state index is 14.1. The highest BCUT2D eigenvalue weighted by Crippen LogP contribution is 2.30. The van der Waals surface area contributed by atoms with E-state index in [1.165, 1.54) is 64.0 Å². The molecular formula is C33H40N4O5S. The number of anilines is 1. The van der Waals surface area contributed by atoms with Crippen LogP contribution < -0.4 is 13.8 Å². The van der Waals surface area contributed by atoms with Crippen molar-refractivity contribution >= 4 is 33.8 Å². The van der Waals surface area contributed by atoms with Gasteiger partial charge in [-0.2, -0.15) is 4.73 Å². The van der Waals surface area contributed by atoms with Gasteiger partial charge in [0.1, 0.15) is 5.75 Å². The Kier molecular flexibility index (Phi) is 10.1. The van der Waals surface area contributed by atoms with Crippen LogP contribution in [-0.4, -0.2) is 70.0 Å². The van der Waals surface area contributed by atoms with E-state index in [9.17, 15) is 18.4 Å². The molecule has 2 aromatic carbocycles. The van der Waals surface area contributed by atoms with Gasteiger partial charge in [-0.05, 0) is 93.3 Å². The van der Waals surface area contributed by atoms with E-state index in [4.69, 9.17) is 4.74 Å². The van der Waals surface area contributed by atoms with Crippen LogP contribution in [0, 0.1) is 5.21 Å². The Morgan fingerprint density at radius 3 is 2.30 bits per heavy atom. The molecule has 0 unspecified atom stereocenters. The van der Waals surface area contributed by atoms with Gasteiger partial charge in [-0.1, -0.05) is 36.8 Å². The number of amides is 1. The summed E-state index contributed by atoms with van der Waals surface area (Å²) in [5, 5.41) is 11.4. The number of carbonyl (C=O) groups is 1. The number of benzene rings is 2. The average Bonchev–Trinajstić information content (AvgIpc) is 3.05. The molecule has 0 bridgehead atoms. The highest BCUT2D eigenvalue weighted by atomic mass is 32.2. The molecule has 0 spiro atoms. The molecule has 0 aliphatic carbocycles. The van der Waals surface area contributed by atoms with E-state index in [0.29, 0.717) is 28.6 Å². The largest absolute Gasteiger partial charge is 0.619 e. The van der Waals surface area contributed by atoms with Crippen molar-refractivity contribution in [2.24, 2.45) is 0 Å². The predicted octanol–water partition coefficient (Wildman–Crippen LogP) is 4.56. The summed E-state index contributed by atoms with van der Waals surface area (Å²) < 4.78 is 35.0. The molecule has 1 amide bonds. The van der Waals surface area contributed by atoms with Crippen LogP contribution in [0.1, 0.15) is 49.7 Å². The maximum atomic E-state index is 14.1. The van der Waals surface area contributed by atoms with Gasteiger partial charge < -0.3 is 19.7 Å². The molecule has 3 heterocycles. The monoisotopic (exact) mass is 604 g/mol. The smallest absolute Gasteiger partial charge is 0.270 e. The van der Waals surface area contributed by atoms with Gasteiger partial charge in [0.2, 0.25) is 5.91 Å². The third-order valence-corrected chi connectivity index (χ3v) is 10.1. The van der Waals surface area contributed by atoms with Crippen molar-refractivity contribution in [1.82, 2.24) is 9.80 Å². The van der Waals surface area contributed by atoms with Crippen molar-refractivity contribution in [3.63, 3.8) is 0 Å². The Hall–Kier alpha value is -3.73. The molecule has 1 aromatic heterocycles. The summed E-state index contributed by atoms with van der Waals surface area (Å²) in [6, 6.07) is 16.9. The van der Waals surface area contributed by atoms with Crippen molar-refractivity contribution in [2.45, 2.75) is 49.5 Å². The van der Waals surface area contributed by atoms with Gasteiger partial charge in [0, 0.05) is 31.1 Å². The molecule has 0 N–H and O–H groups in total. The van der Waals surface area contributed by atoms with Gasteiger partial charge in [0.15, 0.2) is 12.4 Å². The van der Waals surface area contributed by atoms with Gasteiger partial charge in [-0.25, -0.2) is 12.7 Å². The fourth-order valence-electron chi connectivity index (χ4n) is 5.93. The molecule has 9 nitrogen and oxygen atoms in total. The fourth-order valence-corrected chi connectivity index (χ4v) is 7.41. The van der Waals surface area contributed by atoms with Crippen LogP contribution in [0.3, 0.4) is 0 Å². The number of piperidine rings is 2. The van der Waals surface area contributed by atoms with E-state index in [-0.39, 0.29) is 17.0 Å². The third-order valence-electron chi connectivity index (χ3n) is 8.37. The van der Waals surface area contributed by atoms with E-state index in [1.54, 1.807) is 60.7 Å². The number of likely N-dealkylation sites (tertiary alicyclic amines) is 2. The highest BCUT2D eigenvalue weighted by molar-refractivity contribution is 7.93. The first-order chi connectivity index (χ1) is 20.8. The zero-order valence-corrected chi connectivity index (χ0v) is 25.5. The molecule has 2 aliphatic rings. The minimum atomic E-state index is -4.24. The van der Waals surface area contributed by atoms with Crippen LogP contribution in [0.4, 0.5) is 5.69 Å². The number of methoxy groups -OCH3 is 1. The first-order valence-electron chi connectivity index (χ1n) is 15.0. The van der Waals surface area contributed by atoms with Crippen molar-refractivity contribution in [3.8, 4) is 5.75 Å². The molecular weight excluding hydrogens is 564 g/mol. The predicted molar refractivity (Wildman–Crippen MR) is 168 cm³/mol. The minimum Gasteiger partial charge on any atom is -0.619 e. The topological polar surface area (TPSA) is 97.1 Å². The first-order valence-corrected chi connectivity index (χ1v) is 16.4. The van der Waals surface area contributed by atoms with E-state index in [1.807, 2.05) is 0 Å². The normalized spacial score (nSPS) is 17.2. The van der Waals surface area contributed by atoms with E-state index in [0.717, 1.165) is 35.8 Å². The summed E-state index contributed by atoms with van der Waals surface area (Å²) in [4.78, 5) is 18.8. The lowest BCUT2D eigenvalue weighted by molar-refractivity contribution is -0.605. The van der Waals surface area contributed by atoms with Crippen LogP contribution in [-0.2, 0) is 14.8 Å². The van der Waals surface area contributed by atoms with E-state index in [2.05, 4.69) is 9.80 Å². The molecule has 43 heavy (non-hydrogen) atoms. The van der Waals surface area contributed by atoms with Crippen LogP contribution in [0.25, 0.3) is 12.2 Å². The van der Waals surface area contributed by atoms with Crippen LogP contribution in [0.15, 0.2) is 78.0 Å². The summed E-state index contributed by atoms with van der Waals surface area (Å²) in [6.45, 7) is 4.66. The second-order valence-electron chi connectivity index (χ2n) is 11.1. The van der Waals surface area contributed by atoms with Gasteiger partial charge in [0.25, 0.3) is 10.0 Å². The van der Waals surface area contributed by atoms with Crippen LogP contribution in [0.2, 0.25) is 0 Å². The maximum Gasteiger partial charge on any atom is 0.270 e. The van der Waals surface area contributed by atoms with Crippen molar-refractivity contribution in [1.29, 1.82) is 0 Å². The number of hydrogen-bond donors (Lipinski definition) is 0. The summed E-state index contributed by atoms with van der Waals surface area (Å²) in [6.07, 6.45) is 12.4. The van der Waals surface area contributed by atoms with Gasteiger partial charge in [-0.3, -0.25) is 4.79 Å². The molecule has 228 valence electrons. The molecule has 2 fully saturated rings.